The van der Waals surface area contributed by atoms with E-state index in [-0.39, 0.29) is 5.56 Å². The van der Waals surface area contributed by atoms with Crippen LogP contribution in [0, 0.1) is 6.92 Å². The Morgan fingerprint density at radius 3 is 2.67 bits per heavy atom. The van der Waals surface area contributed by atoms with E-state index in [1.54, 1.807) is 10.9 Å². The molecule has 0 saturated heterocycles. The maximum Gasteiger partial charge on any atom is 0.262 e. The number of nitrogens with one attached hydrogen (secondary N) is 1. The van der Waals surface area contributed by atoms with Gasteiger partial charge in [-0.3, -0.25) is 4.79 Å². The second-order valence-corrected chi connectivity index (χ2v) is 7.13. The third-order valence-electron chi connectivity index (χ3n) is 4.12. The van der Waals surface area contributed by atoms with Gasteiger partial charge >= 0.3 is 0 Å². The van der Waals surface area contributed by atoms with Gasteiger partial charge in [0.15, 0.2) is 10.8 Å². The molecule has 0 aliphatic heterocycles. The molecule has 0 aliphatic rings. The van der Waals surface area contributed by atoms with Gasteiger partial charge in [-0.15, -0.1) is 0 Å². The fourth-order valence-corrected chi connectivity index (χ4v) is 3.38. The van der Waals surface area contributed by atoms with Crippen LogP contribution in [-0.2, 0) is 0 Å². The molecule has 2 heterocycles. The lowest BCUT2D eigenvalue weighted by molar-refractivity contribution is 0.873. The first kappa shape index (κ1) is 17.3. The van der Waals surface area contributed by atoms with E-state index in [0.717, 1.165) is 11.3 Å². The summed E-state index contributed by atoms with van der Waals surface area (Å²) in [6.45, 7) is 2.03. The van der Waals surface area contributed by atoms with Crippen molar-refractivity contribution in [3.8, 4) is 5.69 Å². The maximum absolute atomic E-state index is 12.4. The lowest BCUT2D eigenvalue weighted by Gasteiger charge is -2.04. The minimum absolute atomic E-state index is 0.173. The Bertz CT molecular complexity index is 1140. The number of aryl methyl sites for hydroxylation is 1. The highest BCUT2D eigenvalue weighted by Crippen LogP contribution is 2.18. The van der Waals surface area contributed by atoms with Crippen LogP contribution < -0.4 is 5.56 Å². The van der Waals surface area contributed by atoms with E-state index >= 15 is 0 Å². The van der Waals surface area contributed by atoms with Gasteiger partial charge in [0.25, 0.3) is 5.56 Å². The van der Waals surface area contributed by atoms with E-state index < -0.39 is 0 Å². The van der Waals surface area contributed by atoms with E-state index in [1.807, 2.05) is 61.5 Å². The van der Waals surface area contributed by atoms with E-state index in [0.29, 0.717) is 21.9 Å². The summed E-state index contributed by atoms with van der Waals surface area (Å²) in [5.74, 6) is 0.710. The van der Waals surface area contributed by atoms with E-state index in [2.05, 4.69) is 27.2 Å². The number of nitrogens with zero attached hydrogens (tertiary/aromatic N) is 3. The average Bonchev–Trinajstić information content (AvgIpc) is 3.11. The molecule has 0 atom stereocenters. The van der Waals surface area contributed by atoms with Gasteiger partial charge in [0.2, 0.25) is 0 Å². The molecular formula is C21H18N4OS. The predicted molar refractivity (Wildman–Crippen MR) is 110 cm³/mol. The van der Waals surface area contributed by atoms with Gasteiger partial charge in [0.1, 0.15) is 5.39 Å². The smallest absolute Gasteiger partial charge is 0.262 e. The van der Waals surface area contributed by atoms with Crippen molar-refractivity contribution in [1.29, 1.82) is 0 Å². The number of fused-ring (bicyclic) bond motifs is 1. The Balaban J connectivity index is 1.59. The van der Waals surface area contributed by atoms with Crippen LogP contribution in [0.1, 0.15) is 11.1 Å². The second-order valence-electron chi connectivity index (χ2n) is 6.12. The first-order chi connectivity index (χ1) is 13.2. The number of aromatic amines is 1. The van der Waals surface area contributed by atoms with Crippen LogP contribution in [0.15, 0.2) is 76.8 Å². The average molecular weight is 374 g/mol. The molecule has 0 aliphatic carbocycles. The lowest BCUT2D eigenvalue weighted by atomic mass is 10.2. The number of rotatable bonds is 5. The third-order valence-corrected chi connectivity index (χ3v) is 4.95. The topological polar surface area (TPSA) is 63.6 Å². The van der Waals surface area contributed by atoms with Gasteiger partial charge in [-0.05, 0) is 24.6 Å². The summed E-state index contributed by atoms with van der Waals surface area (Å²) in [5, 5.41) is 5.41. The Labute approximate surface area is 160 Å². The number of H-pyrrole nitrogens is 1. The molecular weight excluding hydrogens is 356 g/mol. The SMILES string of the molecule is Cc1ccc(-n2ncc3c(=O)[nH]c(SCC=Cc4ccccc4)nc32)cc1. The van der Waals surface area contributed by atoms with Crippen molar-refractivity contribution in [2.24, 2.45) is 0 Å². The normalized spacial score (nSPS) is 11.4. The first-order valence-electron chi connectivity index (χ1n) is 8.60. The minimum Gasteiger partial charge on any atom is -0.301 e. The van der Waals surface area contributed by atoms with Crippen LogP contribution >= 0.6 is 11.8 Å². The third kappa shape index (κ3) is 3.85. The molecule has 0 saturated carbocycles. The number of thioether (sulfide) groups is 1. The molecule has 0 bridgehead atoms. The van der Waals surface area contributed by atoms with Crippen LogP contribution in [-0.4, -0.2) is 25.5 Å². The van der Waals surface area contributed by atoms with Crippen molar-refractivity contribution >= 4 is 28.9 Å². The zero-order valence-corrected chi connectivity index (χ0v) is 15.6. The summed E-state index contributed by atoms with van der Waals surface area (Å²) in [6.07, 6.45) is 5.67. The fourth-order valence-electron chi connectivity index (χ4n) is 2.72. The lowest BCUT2D eigenvalue weighted by Crippen LogP contribution is -2.09. The van der Waals surface area contributed by atoms with Crippen molar-refractivity contribution in [3.63, 3.8) is 0 Å². The quantitative estimate of drug-likeness (QED) is 0.420. The Kier molecular flexibility index (Phi) is 4.89. The summed E-state index contributed by atoms with van der Waals surface area (Å²) in [7, 11) is 0. The van der Waals surface area contributed by atoms with Crippen LogP contribution in [0.2, 0.25) is 0 Å². The van der Waals surface area contributed by atoms with Crippen molar-refractivity contribution in [2.75, 3.05) is 5.75 Å². The van der Waals surface area contributed by atoms with Crippen molar-refractivity contribution in [1.82, 2.24) is 19.7 Å². The van der Waals surface area contributed by atoms with Crippen LogP contribution in [0.4, 0.5) is 0 Å². The van der Waals surface area contributed by atoms with Gasteiger partial charge in [-0.25, -0.2) is 9.67 Å². The van der Waals surface area contributed by atoms with E-state index in [1.165, 1.54) is 17.3 Å². The number of benzene rings is 2. The van der Waals surface area contributed by atoms with Gasteiger partial charge in [-0.1, -0.05) is 71.9 Å². The standard InChI is InChI=1S/C21H18N4OS/c1-15-9-11-17(12-10-15)25-19-18(14-22-25)20(26)24-21(23-19)27-13-5-8-16-6-3-2-4-7-16/h2-12,14H,13H2,1H3,(H,23,24,26). The van der Waals surface area contributed by atoms with Crippen LogP contribution in [0.5, 0.6) is 0 Å². The number of hydrogen-bond donors (Lipinski definition) is 1. The van der Waals surface area contributed by atoms with Crippen molar-refractivity contribution in [3.05, 3.63) is 88.4 Å². The molecule has 4 rings (SSSR count). The van der Waals surface area contributed by atoms with E-state index in [9.17, 15) is 4.79 Å². The zero-order chi connectivity index (χ0) is 18.6. The molecule has 0 radical (unpaired) electrons. The largest absolute Gasteiger partial charge is 0.301 e. The molecule has 2 aromatic heterocycles. The maximum atomic E-state index is 12.4. The molecule has 134 valence electrons. The summed E-state index contributed by atoms with van der Waals surface area (Å²) in [5.41, 5.74) is 3.59. The van der Waals surface area contributed by atoms with Gasteiger partial charge in [-0.2, -0.15) is 5.10 Å². The highest BCUT2D eigenvalue weighted by atomic mass is 32.2. The molecule has 5 nitrogen and oxygen atoms in total. The van der Waals surface area contributed by atoms with Crippen molar-refractivity contribution in [2.45, 2.75) is 12.1 Å². The molecule has 0 fully saturated rings. The Morgan fingerprint density at radius 2 is 1.89 bits per heavy atom. The second kappa shape index (κ2) is 7.63. The molecule has 27 heavy (non-hydrogen) atoms. The highest BCUT2D eigenvalue weighted by molar-refractivity contribution is 7.99. The summed E-state index contributed by atoms with van der Waals surface area (Å²) < 4.78 is 1.70. The highest BCUT2D eigenvalue weighted by Gasteiger charge is 2.11. The van der Waals surface area contributed by atoms with Gasteiger partial charge in [0, 0.05) is 5.75 Å². The molecule has 1 N–H and O–H groups in total. The van der Waals surface area contributed by atoms with E-state index in [4.69, 9.17) is 0 Å². The zero-order valence-electron chi connectivity index (χ0n) is 14.8. The Morgan fingerprint density at radius 1 is 1.11 bits per heavy atom. The summed E-state index contributed by atoms with van der Waals surface area (Å²) in [6, 6.07) is 18.1. The number of aromatic nitrogens is 4. The fraction of sp³-hybridized carbons (Fsp3) is 0.0952. The van der Waals surface area contributed by atoms with Crippen LogP contribution in [0.3, 0.4) is 0 Å². The van der Waals surface area contributed by atoms with Gasteiger partial charge < -0.3 is 4.98 Å². The summed E-state index contributed by atoms with van der Waals surface area (Å²) >= 11 is 1.48. The molecule has 6 heteroatoms. The van der Waals surface area contributed by atoms with Gasteiger partial charge in [0.05, 0.1) is 11.9 Å². The molecule has 0 spiro atoms. The van der Waals surface area contributed by atoms with Crippen LogP contribution in [0.25, 0.3) is 22.8 Å². The molecule has 0 amide bonds. The molecule has 4 aromatic rings. The Hall–Kier alpha value is -3.12. The minimum atomic E-state index is -0.173. The van der Waals surface area contributed by atoms with Crippen molar-refractivity contribution < 1.29 is 0 Å². The number of hydrogen-bond acceptors (Lipinski definition) is 4. The summed E-state index contributed by atoms with van der Waals surface area (Å²) in [4.78, 5) is 19.8. The molecule has 0 unspecified atom stereocenters. The first-order valence-corrected chi connectivity index (χ1v) is 9.59. The molecule has 2 aromatic carbocycles. The monoisotopic (exact) mass is 374 g/mol. The predicted octanol–water partition coefficient (Wildman–Crippen LogP) is 4.22.